The number of rotatable bonds is 9. The van der Waals surface area contributed by atoms with E-state index in [9.17, 15) is 0 Å². The maximum absolute atomic E-state index is 2.76. The van der Waals surface area contributed by atoms with Crippen molar-refractivity contribution in [1.29, 1.82) is 0 Å². The Morgan fingerprint density at radius 2 is 1.14 bits per heavy atom. The monoisotopic (exact) mass is 358 g/mol. The van der Waals surface area contributed by atoms with Gasteiger partial charge in [-0.2, -0.15) is 0 Å². The first-order valence-electron chi connectivity index (χ1n) is 10.5. The molecule has 124 valence electrons. The molecule has 2 heteroatoms. The van der Waals surface area contributed by atoms with Crippen LogP contribution < -0.4 is 0 Å². The predicted molar refractivity (Wildman–Crippen MR) is 92.2 cm³/mol. The molecule has 0 saturated carbocycles. The zero-order valence-corrected chi connectivity index (χ0v) is 16.2. The summed E-state index contributed by atoms with van der Waals surface area (Å²) in [4.78, 5) is 14.1. The number of unbranched alkanes of at least 4 members (excludes halogenated alkanes) is 4. The van der Waals surface area contributed by atoms with Gasteiger partial charge in [0.2, 0.25) is 0 Å². The van der Waals surface area contributed by atoms with Gasteiger partial charge in [0.05, 0.1) is 0 Å². The standard InChI is InChI=1S/C15H26P.C5H5.Fe/c1-3-5-9-13-16(14-10-6-4-2)15-11-7-8-12-15;1-2-4-5-3-1;/h7-8,11-12H,3-6,9-10,13-14H2,1-2H3;1-5H;. The molecule has 0 radical (unpaired) electrons. The third-order valence-electron chi connectivity index (χ3n) is 17.1. The Balaban J connectivity index is 1.16. The van der Waals surface area contributed by atoms with Gasteiger partial charge in [-0.3, -0.25) is 0 Å². The van der Waals surface area contributed by atoms with Gasteiger partial charge >= 0.3 is 127 Å². The molecule has 4 atom stereocenters. The van der Waals surface area contributed by atoms with Crippen molar-refractivity contribution in [2.24, 2.45) is 0 Å². The summed E-state index contributed by atoms with van der Waals surface area (Å²) in [5.41, 5.74) is 0. The molecule has 0 bridgehead atoms. The first kappa shape index (κ1) is 10.8. The van der Waals surface area contributed by atoms with E-state index in [-0.39, 0.29) is 0 Å². The molecule has 0 nitrogen and oxygen atoms in total. The van der Waals surface area contributed by atoms with Crippen LogP contribution in [0.25, 0.3) is 0 Å². The summed E-state index contributed by atoms with van der Waals surface area (Å²) in [5.74, 6) is 0. The number of fused-ring (bicyclic) bond motifs is 10. The molecule has 0 amide bonds. The topological polar surface area (TPSA) is 0 Å². The van der Waals surface area contributed by atoms with Crippen LogP contribution in [0.1, 0.15) is 52.4 Å². The molecule has 10 rings (SSSR count). The average molecular weight is 358 g/mol. The summed E-state index contributed by atoms with van der Waals surface area (Å²) in [5, 5.41) is 0. The third-order valence-corrected chi connectivity index (χ3v) is 67.2. The molecule has 0 N–H and O–H groups in total. The molecule has 0 aromatic carbocycles. The SMILES string of the molecule is CCCCCP(CCCCC)[C]12[CH]3[CH]4[CH]5[CH]1[Fe]45321678[CH]2[CH]1[CH]6[CH]7[CH]28. The van der Waals surface area contributed by atoms with Crippen molar-refractivity contribution in [1.82, 2.24) is 0 Å². The zero-order valence-electron chi connectivity index (χ0n) is 14.2. The van der Waals surface area contributed by atoms with Crippen molar-refractivity contribution in [3.63, 3.8) is 0 Å². The van der Waals surface area contributed by atoms with E-state index in [1.54, 1.807) is 81.4 Å². The summed E-state index contributed by atoms with van der Waals surface area (Å²) in [7, 11) is 0.499. The van der Waals surface area contributed by atoms with E-state index in [0.717, 1.165) is 0 Å². The quantitative estimate of drug-likeness (QED) is 0.233. The van der Waals surface area contributed by atoms with Gasteiger partial charge in [-0.1, -0.05) is 0 Å². The van der Waals surface area contributed by atoms with E-state index in [0.29, 0.717) is 7.92 Å². The van der Waals surface area contributed by atoms with Crippen LogP contribution in [0.15, 0.2) is 0 Å². The molecule has 22 heavy (non-hydrogen) atoms. The van der Waals surface area contributed by atoms with Crippen LogP contribution in [0.2, 0.25) is 43.3 Å². The van der Waals surface area contributed by atoms with E-state index < -0.39 is 6.51 Å². The molecule has 0 aromatic rings. The van der Waals surface area contributed by atoms with Crippen LogP contribution in [0.4, 0.5) is 0 Å². The fourth-order valence-electron chi connectivity index (χ4n) is 18.5. The Hall–Kier alpha value is 0.949. The van der Waals surface area contributed by atoms with Crippen molar-refractivity contribution < 1.29 is 6.51 Å². The second kappa shape index (κ2) is 1.19. The van der Waals surface area contributed by atoms with Crippen molar-refractivity contribution in [2.45, 2.75) is 99.8 Å². The molecule has 10 heterocycles. The molecule has 10 aliphatic heterocycles. The van der Waals surface area contributed by atoms with Gasteiger partial charge in [0.15, 0.2) is 0 Å². The first-order chi connectivity index (χ1) is 10.6. The minimum atomic E-state index is -2.76. The van der Waals surface area contributed by atoms with E-state index in [4.69, 9.17) is 0 Å². The van der Waals surface area contributed by atoms with Crippen molar-refractivity contribution in [2.75, 3.05) is 12.3 Å². The fraction of sp³-hybridized carbons (Fsp3) is 1.00. The Bertz CT molecular complexity index is 919. The molecule has 0 aliphatic carbocycles. The molecule has 1 spiro atoms. The first-order valence-corrected chi connectivity index (χ1v) is 18.5. The van der Waals surface area contributed by atoms with E-state index in [1.807, 2.05) is 0 Å². The Labute approximate surface area is 126 Å². The second-order valence-corrected chi connectivity index (χ2v) is 39.7. The summed E-state index contributed by atoms with van der Waals surface area (Å²) in [6.45, 7) is 2.05. The van der Waals surface area contributed by atoms with Crippen molar-refractivity contribution in [3.8, 4) is 0 Å². The van der Waals surface area contributed by atoms with Crippen LogP contribution in [0.3, 0.4) is 0 Å². The number of hydrogen-bond donors (Lipinski definition) is 0. The predicted octanol–water partition coefficient (Wildman–Crippen LogP) is 7.15. The molecule has 10 fully saturated rings. The van der Waals surface area contributed by atoms with Gasteiger partial charge in [0.1, 0.15) is 0 Å². The van der Waals surface area contributed by atoms with Crippen LogP contribution in [-0.2, 0) is 6.51 Å². The van der Waals surface area contributed by atoms with Crippen LogP contribution in [0, 0.1) is 0 Å². The Kier molecular flexibility index (Phi) is 0.586. The van der Waals surface area contributed by atoms with Crippen LogP contribution in [-0.4, -0.2) is 16.4 Å². The summed E-state index contributed by atoms with van der Waals surface area (Å²) in [6.07, 6.45) is 12.7. The number of hydrogen-bond acceptors (Lipinski definition) is 0. The van der Waals surface area contributed by atoms with E-state index >= 15 is 0 Å². The van der Waals surface area contributed by atoms with Crippen LogP contribution in [0.5, 0.6) is 0 Å². The molecule has 0 aromatic heterocycles. The zero-order chi connectivity index (χ0) is 14.2. The molecule has 4 unspecified atom stereocenters. The maximum atomic E-state index is 2.41. The van der Waals surface area contributed by atoms with Gasteiger partial charge in [-0.25, -0.2) is 0 Å². The summed E-state index contributed by atoms with van der Waals surface area (Å²) in [6, 6.07) is 0. The average Bonchev–Trinajstić information content (AvgIpc) is 3.47. The normalized spacial score (nSPS) is 95.1. The third kappa shape index (κ3) is 0.158. The summed E-state index contributed by atoms with van der Waals surface area (Å²) >= 11 is 0. The Morgan fingerprint density at radius 3 is 1.41 bits per heavy atom. The van der Waals surface area contributed by atoms with E-state index in [2.05, 4.69) is 13.8 Å². The summed E-state index contributed by atoms with van der Waals surface area (Å²) < 4.78 is 1.27. The van der Waals surface area contributed by atoms with Crippen molar-refractivity contribution in [3.05, 3.63) is 0 Å². The Morgan fingerprint density at radius 1 is 0.682 bits per heavy atom. The van der Waals surface area contributed by atoms with Gasteiger partial charge in [-0.05, 0) is 0 Å². The van der Waals surface area contributed by atoms with Gasteiger partial charge in [-0.15, -0.1) is 0 Å². The molecule has 10 saturated heterocycles. The molecule has 10 aliphatic rings. The molecular weight excluding hydrogens is 327 g/mol. The fourth-order valence-corrected chi connectivity index (χ4v) is 109. The van der Waals surface area contributed by atoms with E-state index in [1.165, 1.54) is 16.9 Å². The minimum absolute atomic E-state index is 0.499. The molecular formula is C20H31FeP. The van der Waals surface area contributed by atoms with Crippen LogP contribution >= 0.6 is 7.92 Å². The van der Waals surface area contributed by atoms with Gasteiger partial charge in [0.25, 0.3) is 0 Å². The van der Waals surface area contributed by atoms with Gasteiger partial charge in [0, 0.05) is 0 Å². The second-order valence-electron chi connectivity index (χ2n) is 13.0. The van der Waals surface area contributed by atoms with Crippen molar-refractivity contribution >= 4 is 7.92 Å². The van der Waals surface area contributed by atoms with Gasteiger partial charge < -0.3 is 0 Å².